The van der Waals surface area contributed by atoms with Gasteiger partial charge in [-0.2, -0.15) is 0 Å². The van der Waals surface area contributed by atoms with Crippen molar-refractivity contribution in [1.29, 1.82) is 0 Å². The van der Waals surface area contributed by atoms with Crippen molar-refractivity contribution in [3.8, 4) is 5.75 Å². The molecule has 1 aliphatic rings. The van der Waals surface area contributed by atoms with Gasteiger partial charge in [-0.3, -0.25) is 4.99 Å². The largest absolute Gasteiger partial charge is 0.494 e. The number of amidine groups is 1. The lowest BCUT2D eigenvalue weighted by molar-refractivity contribution is 0.340. The zero-order valence-corrected chi connectivity index (χ0v) is 12.0. The Bertz CT molecular complexity index is 432. The van der Waals surface area contributed by atoms with Crippen LogP contribution in [0.25, 0.3) is 0 Å². The summed E-state index contributed by atoms with van der Waals surface area (Å²) in [4.78, 5) is 4.69. The highest BCUT2D eigenvalue weighted by atomic mass is 32.2. The molecule has 98 valence electrons. The predicted molar refractivity (Wildman–Crippen MR) is 79.8 cm³/mol. The van der Waals surface area contributed by atoms with Crippen molar-refractivity contribution in [3.63, 3.8) is 0 Å². The Morgan fingerprint density at radius 1 is 1.50 bits per heavy atom. The third kappa shape index (κ3) is 3.42. The van der Waals surface area contributed by atoms with Gasteiger partial charge in [0.1, 0.15) is 5.75 Å². The Balaban J connectivity index is 2.01. The first-order valence-corrected chi connectivity index (χ1v) is 7.38. The molecule has 1 aromatic carbocycles. The van der Waals surface area contributed by atoms with E-state index in [-0.39, 0.29) is 0 Å². The summed E-state index contributed by atoms with van der Waals surface area (Å²) in [6, 6.07) is 8.44. The maximum Gasteiger partial charge on any atom is 0.161 e. The Labute approximate surface area is 113 Å². The third-order valence-electron chi connectivity index (χ3n) is 2.84. The van der Waals surface area contributed by atoms with Gasteiger partial charge in [0.05, 0.1) is 12.6 Å². The van der Waals surface area contributed by atoms with Gasteiger partial charge >= 0.3 is 0 Å². The minimum absolute atomic E-state index is 0.438. The smallest absolute Gasteiger partial charge is 0.161 e. The fourth-order valence-electron chi connectivity index (χ4n) is 1.75. The van der Waals surface area contributed by atoms with Crippen molar-refractivity contribution in [2.75, 3.05) is 17.7 Å². The lowest BCUT2D eigenvalue weighted by Gasteiger charge is -2.08. The molecule has 0 unspecified atom stereocenters. The van der Waals surface area contributed by atoms with E-state index in [0.717, 1.165) is 22.4 Å². The van der Waals surface area contributed by atoms with E-state index in [0.29, 0.717) is 18.6 Å². The van der Waals surface area contributed by atoms with Gasteiger partial charge in [-0.25, -0.2) is 0 Å². The van der Waals surface area contributed by atoms with Gasteiger partial charge < -0.3 is 10.1 Å². The maximum atomic E-state index is 5.48. The summed E-state index contributed by atoms with van der Waals surface area (Å²) in [6.07, 6.45) is 0. The lowest BCUT2D eigenvalue weighted by Crippen LogP contribution is -2.12. The topological polar surface area (TPSA) is 33.6 Å². The molecule has 0 fully saturated rings. The molecule has 0 saturated carbocycles. The van der Waals surface area contributed by atoms with Gasteiger partial charge in [0, 0.05) is 17.5 Å². The van der Waals surface area contributed by atoms with E-state index >= 15 is 0 Å². The zero-order valence-electron chi connectivity index (χ0n) is 11.1. The normalized spacial score (nSPS) is 18.9. The van der Waals surface area contributed by atoms with E-state index in [1.165, 1.54) is 0 Å². The Kier molecular flexibility index (Phi) is 4.53. The van der Waals surface area contributed by atoms with Gasteiger partial charge in [-0.1, -0.05) is 31.7 Å². The molecule has 0 amide bonds. The molecule has 1 aliphatic heterocycles. The van der Waals surface area contributed by atoms with E-state index in [4.69, 9.17) is 4.74 Å². The Morgan fingerprint density at radius 2 is 2.33 bits per heavy atom. The number of rotatable bonds is 4. The maximum absolute atomic E-state index is 5.48. The summed E-state index contributed by atoms with van der Waals surface area (Å²) in [5.74, 6) is 2.57. The van der Waals surface area contributed by atoms with Crippen LogP contribution in [0.15, 0.2) is 29.3 Å². The molecule has 1 aromatic rings. The molecule has 0 bridgehead atoms. The van der Waals surface area contributed by atoms with Gasteiger partial charge in [0.25, 0.3) is 0 Å². The molecule has 1 atom stereocenters. The predicted octanol–water partition coefficient (Wildman–Crippen LogP) is 3.62. The number of hydrogen-bond acceptors (Lipinski definition) is 4. The third-order valence-corrected chi connectivity index (χ3v) is 3.83. The highest BCUT2D eigenvalue weighted by Gasteiger charge is 2.21. The van der Waals surface area contributed by atoms with Crippen molar-refractivity contribution in [3.05, 3.63) is 24.3 Å². The second kappa shape index (κ2) is 6.14. The zero-order chi connectivity index (χ0) is 13.0. The van der Waals surface area contributed by atoms with Crippen LogP contribution in [0.1, 0.15) is 20.8 Å². The van der Waals surface area contributed by atoms with Crippen LogP contribution in [0.4, 0.5) is 5.69 Å². The molecule has 0 aliphatic carbocycles. The fraction of sp³-hybridized carbons (Fsp3) is 0.500. The average molecular weight is 264 g/mol. The standard InChI is InChI=1S/C14H20N2OS/c1-4-17-12-7-5-6-11(8-12)15-14-16-13(9-18-14)10(2)3/h5-8,10,13H,4,9H2,1-3H3,(H,15,16)/t13-/m1/s1. The molecular formula is C14H20N2OS. The van der Waals surface area contributed by atoms with Crippen LogP contribution in [0.2, 0.25) is 0 Å². The molecule has 0 radical (unpaired) electrons. The minimum Gasteiger partial charge on any atom is -0.494 e. The molecule has 2 rings (SSSR count). The van der Waals surface area contributed by atoms with Crippen molar-refractivity contribution in [1.82, 2.24) is 0 Å². The first kappa shape index (κ1) is 13.3. The van der Waals surface area contributed by atoms with Crippen LogP contribution < -0.4 is 10.1 Å². The van der Waals surface area contributed by atoms with Gasteiger partial charge in [0.2, 0.25) is 0 Å². The minimum atomic E-state index is 0.438. The first-order valence-electron chi connectivity index (χ1n) is 6.39. The lowest BCUT2D eigenvalue weighted by atomic mass is 10.1. The summed E-state index contributed by atoms with van der Waals surface area (Å²) >= 11 is 1.79. The molecule has 4 heteroatoms. The molecule has 0 saturated heterocycles. The van der Waals surface area contributed by atoms with E-state index in [9.17, 15) is 0 Å². The summed E-state index contributed by atoms with van der Waals surface area (Å²) in [5.41, 5.74) is 1.04. The number of hydrogen-bond donors (Lipinski definition) is 1. The van der Waals surface area contributed by atoms with Crippen molar-refractivity contribution < 1.29 is 4.74 Å². The second-order valence-electron chi connectivity index (χ2n) is 4.64. The molecule has 1 N–H and O–H groups in total. The Morgan fingerprint density at radius 3 is 3.00 bits per heavy atom. The number of ether oxygens (including phenoxy) is 1. The number of nitrogens with one attached hydrogen (secondary N) is 1. The summed E-state index contributed by atoms with van der Waals surface area (Å²) < 4.78 is 5.48. The van der Waals surface area contributed by atoms with Crippen LogP contribution in [0, 0.1) is 5.92 Å². The quantitative estimate of drug-likeness (QED) is 0.901. The molecule has 3 nitrogen and oxygen atoms in total. The van der Waals surface area contributed by atoms with Crippen molar-refractivity contribution in [2.24, 2.45) is 10.9 Å². The number of benzene rings is 1. The van der Waals surface area contributed by atoms with Crippen molar-refractivity contribution in [2.45, 2.75) is 26.8 Å². The average Bonchev–Trinajstić information content (AvgIpc) is 2.78. The van der Waals surface area contributed by atoms with Crippen LogP contribution in [0.5, 0.6) is 5.75 Å². The molecular weight excluding hydrogens is 244 g/mol. The van der Waals surface area contributed by atoms with Gasteiger partial charge in [-0.05, 0) is 25.0 Å². The van der Waals surface area contributed by atoms with E-state index in [2.05, 4.69) is 24.2 Å². The van der Waals surface area contributed by atoms with Gasteiger partial charge in [0.15, 0.2) is 5.17 Å². The number of thioether (sulfide) groups is 1. The fourth-order valence-corrected chi connectivity index (χ4v) is 2.94. The molecule has 0 spiro atoms. The van der Waals surface area contributed by atoms with Crippen LogP contribution in [-0.4, -0.2) is 23.6 Å². The molecule has 0 aromatic heterocycles. The van der Waals surface area contributed by atoms with E-state index in [1.54, 1.807) is 11.8 Å². The van der Waals surface area contributed by atoms with Crippen LogP contribution in [0.3, 0.4) is 0 Å². The van der Waals surface area contributed by atoms with Crippen LogP contribution in [-0.2, 0) is 0 Å². The summed E-state index contributed by atoms with van der Waals surface area (Å²) in [5, 5.41) is 4.37. The monoisotopic (exact) mass is 264 g/mol. The summed E-state index contributed by atoms with van der Waals surface area (Å²) in [6.45, 7) is 7.11. The van der Waals surface area contributed by atoms with E-state index in [1.807, 2.05) is 31.2 Å². The van der Waals surface area contributed by atoms with E-state index < -0.39 is 0 Å². The highest BCUT2D eigenvalue weighted by molar-refractivity contribution is 8.14. The number of anilines is 1. The molecule has 18 heavy (non-hydrogen) atoms. The number of aliphatic imine (C=N–C) groups is 1. The Hall–Kier alpha value is -1.16. The van der Waals surface area contributed by atoms with Crippen LogP contribution >= 0.6 is 11.8 Å². The highest BCUT2D eigenvalue weighted by Crippen LogP contribution is 2.25. The number of nitrogens with zero attached hydrogens (tertiary/aromatic N) is 1. The second-order valence-corrected chi connectivity index (χ2v) is 5.65. The summed E-state index contributed by atoms with van der Waals surface area (Å²) in [7, 11) is 0. The van der Waals surface area contributed by atoms with Gasteiger partial charge in [-0.15, -0.1) is 0 Å². The first-order chi connectivity index (χ1) is 8.69. The van der Waals surface area contributed by atoms with Crippen molar-refractivity contribution >= 4 is 22.6 Å². The SMILES string of the molecule is CCOc1cccc(NC2=N[C@@H](C(C)C)CS2)c1. The molecule has 1 heterocycles.